The van der Waals surface area contributed by atoms with Crippen LogP contribution in [-0.4, -0.2) is 75.4 Å². The van der Waals surface area contributed by atoms with Gasteiger partial charge in [0, 0.05) is 32.6 Å². The number of aromatic nitrogens is 3. The van der Waals surface area contributed by atoms with Crippen LogP contribution in [0.15, 0.2) is 6.20 Å². The van der Waals surface area contributed by atoms with Crippen molar-refractivity contribution in [2.75, 3.05) is 32.7 Å². The van der Waals surface area contributed by atoms with Crippen LogP contribution in [0.1, 0.15) is 75.8 Å². The largest absolute Gasteiger partial charge is 0.350 e. The molecular weight excluding hydrogens is 380 g/mol. The molecule has 1 aromatic rings. The summed E-state index contributed by atoms with van der Waals surface area (Å²) >= 11 is 0. The van der Waals surface area contributed by atoms with Crippen LogP contribution in [0.25, 0.3) is 0 Å². The van der Waals surface area contributed by atoms with E-state index in [-0.39, 0.29) is 11.8 Å². The molecule has 3 fully saturated rings. The molecule has 1 N–H and O–H groups in total. The van der Waals surface area contributed by atoms with Gasteiger partial charge in [0.25, 0.3) is 5.91 Å². The number of hydrogen-bond acceptors (Lipinski definition) is 5. The predicted molar refractivity (Wildman–Crippen MR) is 114 cm³/mol. The molecular formula is C22H36N6O2. The molecule has 2 amide bonds. The van der Waals surface area contributed by atoms with Crippen molar-refractivity contribution in [1.82, 2.24) is 30.1 Å². The second kappa shape index (κ2) is 8.65. The fraction of sp³-hybridized carbons (Fsp3) is 0.818. The SMILES string of the molecule is CC(=O)N1CCC(N2CCC3(CCC3n3cc(C(=O)NCC(C)C)nn3)CC2)CC1. The van der Waals surface area contributed by atoms with Gasteiger partial charge < -0.3 is 15.1 Å². The normalized spacial score (nSPS) is 24.8. The number of piperidine rings is 2. The second-order valence-electron chi connectivity index (χ2n) is 9.88. The fourth-order valence-corrected chi connectivity index (χ4v) is 5.48. The smallest absolute Gasteiger partial charge is 0.273 e. The molecule has 0 aromatic carbocycles. The van der Waals surface area contributed by atoms with Crippen LogP contribution in [0.4, 0.5) is 0 Å². The van der Waals surface area contributed by atoms with Crippen LogP contribution in [-0.2, 0) is 4.79 Å². The number of hydrogen-bond donors (Lipinski definition) is 1. The Kier molecular flexibility index (Phi) is 6.14. The summed E-state index contributed by atoms with van der Waals surface area (Å²) in [5, 5.41) is 11.4. The van der Waals surface area contributed by atoms with Gasteiger partial charge in [-0.1, -0.05) is 19.1 Å². The molecule has 4 rings (SSSR count). The van der Waals surface area contributed by atoms with Crippen molar-refractivity contribution in [3.05, 3.63) is 11.9 Å². The van der Waals surface area contributed by atoms with Crippen LogP contribution in [0, 0.1) is 11.3 Å². The van der Waals surface area contributed by atoms with E-state index in [1.807, 2.05) is 15.8 Å². The van der Waals surface area contributed by atoms with Crippen molar-refractivity contribution in [2.24, 2.45) is 11.3 Å². The molecule has 2 aliphatic heterocycles. The molecule has 3 aliphatic rings. The molecule has 30 heavy (non-hydrogen) atoms. The number of amides is 2. The van der Waals surface area contributed by atoms with E-state index in [2.05, 4.69) is 34.4 Å². The summed E-state index contributed by atoms with van der Waals surface area (Å²) in [5.74, 6) is 0.488. The molecule has 1 atom stereocenters. The zero-order valence-electron chi connectivity index (χ0n) is 18.6. The maximum Gasteiger partial charge on any atom is 0.273 e. The molecule has 8 nitrogen and oxygen atoms in total. The number of likely N-dealkylation sites (tertiary alicyclic amines) is 2. The number of nitrogens with one attached hydrogen (secondary N) is 1. The third-order valence-electron chi connectivity index (χ3n) is 7.58. The van der Waals surface area contributed by atoms with Crippen LogP contribution in [0.3, 0.4) is 0 Å². The number of nitrogens with zero attached hydrogens (tertiary/aromatic N) is 5. The fourth-order valence-electron chi connectivity index (χ4n) is 5.48. The third-order valence-corrected chi connectivity index (χ3v) is 7.58. The molecule has 1 aromatic heterocycles. The van der Waals surface area contributed by atoms with Gasteiger partial charge in [0.15, 0.2) is 5.69 Å². The molecule has 166 valence electrons. The van der Waals surface area contributed by atoms with E-state index in [0.29, 0.717) is 35.7 Å². The average Bonchev–Trinajstić information content (AvgIpc) is 3.20. The van der Waals surface area contributed by atoms with Crippen molar-refractivity contribution >= 4 is 11.8 Å². The summed E-state index contributed by atoms with van der Waals surface area (Å²) in [6, 6.07) is 0.970. The van der Waals surface area contributed by atoms with Crippen LogP contribution in [0.5, 0.6) is 0 Å². The van der Waals surface area contributed by atoms with Gasteiger partial charge in [-0.15, -0.1) is 5.10 Å². The monoisotopic (exact) mass is 416 g/mol. The topological polar surface area (TPSA) is 83.4 Å². The molecule has 8 heteroatoms. The van der Waals surface area contributed by atoms with E-state index in [4.69, 9.17) is 0 Å². The van der Waals surface area contributed by atoms with Crippen molar-refractivity contribution < 1.29 is 9.59 Å². The van der Waals surface area contributed by atoms with E-state index in [1.54, 1.807) is 6.92 Å². The quantitative estimate of drug-likeness (QED) is 0.795. The van der Waals surface area contributed by atoms with Gasteiger partial charge in [-0.25, -0.2) is 4.68 Å². The van der Waals surface area contributed by atoms with E-state index >= 15 is 0 Å². The summed E-state index contributed by atoms with van der Waals surface area (Å²) in [5.41, 5.74) is 0.725. The summed E-state index contributed by atoms with van der Waals surface area (Å²) in [6.07, 6.45) is 8.74. The maximum absolute atomic E-state index is 12.3. The van der Waals surface area contributed by atoms with Crippen molar-refractivity contribution in [3.8, 4) is 0 Å². The first kappa shape index (κ1) is 21.3. The zero-order chi connectivity index (χ0) is 21.3. The number of carbonyl (C=O) groups excluding carboxylic acids is 2. The van der Waals surface area contributed by atoms with E-state index < -0.39 is 0 Å². The van der Waals surface area contributed by atoms with Gasteiger partial charge in [-0.2, -0.15) is 0 Å². The zero-order valence-corrected chi connectivity index (χ0v) is 18.6. The van der Waals surface area contributed by atoms with Crippen LogP contribution >= 0.6 is 0 Å². The van der Waals surface area contributed by atoms with Gasteiger partial charge in [0.1, 0.15) is 0 Å². The molecule has 2 saturated heterocycles. The molecule has 0 radical (unpaired) electrons. The van der Waals surface area contributed by atoms with E-state index in [0.717, 1.165) is 45.4 Å². The Labute approximate surface area is 179 Å². The highest BCUT2D eigenvalue weighted by Gasteiger charge is 2.50. The Hall–Kier alpha value is -1.96. The summed E-state index contributed by atoms with van der Waals surface area (Å²) in [4.78, 5) is 28.5. The lowest BCUT2D eigenvalue weighted by atomic mass is 9.59. The molecule has 1 saturated carbocycles. The average molecular weight is 417 g/mol. The minimum atomic E-state index is -0.130. The first-order valence-electron chi connectivity index (χ1n) is 11.6. The first-order valence-corrected chi connectivity index (χ1v) is 11.6. The van der Waals surface area contributed by atoms with Crippen molar-refractivity contribution in [2.45, 2.75) is 71.4 Å². The highest BCUT2D eigenvalue weighted by molar-refractivity contribution is 5.91. The van der Waals surface area contributed by atoms with Gasteiger partial charge >= 0.3 is 0 Å². The Morgan fingerprint density at radius 2 is 1.83 bits per heavy atom. The molecule has 3 heterocycles. The maximum atomic E-state index is 12.3. The summed E-state index contributed by atoms with van der Waals surface area (Å²) in [6.45, 7) is 10.5. The van der Waals surface area contributed by atoms with E-state index in [9.17, 15) is 9.59 Å². The van der Waals surface area contributed by atoms with Crippen molar-refractivity contribution in [1.29, 1.82) is 0 Å². The second-order valence-corrected chi connectivity index (χ2v) is 9.88. The summed E-state index contributed by atoms with van der Waals surface area (Å²) in [7, 11) is 0. The molecule has 0 bridgehead atoms. The predicted octanol–water partition coefficient (Wildman–Crippen LogP) is 2.09. The Morgan fingerprint density at radius 3 is 2.40 bits per heavy atom. The molecule has 1 unspecified atom stereocenters. The van der Waals surface area contributed by atoms with E-state index in [1.165, 1.54) is 19.3 Å². The van der Waals surface area contributed by atoms with Gasteiger partial charge in [0.2, 0.25) is 5.91 Å². The first-order chi connectivity index (χ1) is 14.4. The van der Waals surface area contributed by atoms with Crippen LogP contribution in [0.2, 0.25) is 0 Å². The number of carbonyl (C=O) groups is 2. The number of rotatable bonds is 5. The minimum absolute atomic E-state index is 0.130. The Balaban J connectivity index is 1.31. The standard InChI is InChI=1S/C22H36N6O2/c1-16(2)14-23-21(30)19-15-28(25-24-19)20-4-7-22(20)8-12-27(13-9-22)18-5-10-26(11-6-18)17(3)29/h15-16,18,20H,4-14H2,1-3H3,(H,23,30). The summed E-state index contributed by atoms with van der Waals surface area (Å²) < 4.78 is 1.95. The lowest BCUT2D eigenvalue weighted by molar-refractivity contribution is -0.130. The van der Waals surface area contributed by atoms with Crippen molar-refractivity contribution in [3.63, 3.8) is 0 Å². The highest BCUT2D eigenvalue weighted by Crippen LogP contribution is 2.56. The highest BCUT2D eigenvalue weighted by atomic mass is 16.2. The van der Waals surface area contributed by atoms with Gasteiger partial charge in [0.05, 0.1) is 12.2 Å². The van der Waals surface area contributed by atoms with Crippen LogP contribution < -0.4 is 5.32 Å². The van der Waals surface area contributed by atoms with Gasteiger partial charge in [-0.3, -0.25) is 9.59 Å². The molecule has 1 aliphatic carbocycles. The lowest BCUT2D eigenvalue weighted by Crippen LogP contribution is -2.54. The lowest BCUT2D eigenvalue weighted by Gasteiger charge is -2.55. The minimum Gasteiger partial charge on any atom is -0.350 e. The van der Waals surface area contributed by atoms with Gasteiger partial charge in [-0.05, 0) is 62.9 Å². The Morgan fingerprint density at radius 1 is 1.13 bits per heavy atom. The molecule has 1 spiro atoms. The Bertz CT molecular complexity index is 759. The third kappa shape index (κ3) is 4.24.